The van der Waals surface area contributed by atoms with Crippen molar-refractivity contribution >= 4 is 11.9 Å². The van der Waals surface area contributed by atoms with Gasteiger partial charge in [0.15, 0.2) is 0 Å². The molecule has 1 heterocycles. The van der Waals surface area contributed by atoms with Crippen LogP contribution in [-0.2, 0) is 6.54 Å². The summed E-state index contributed by atoms with van der Waals surface area (Å²) < 4.78 is 5.34. The van der Waals surface area contributed by atoms with Crippen LogP contribution in [0.3, 0.4) is 0 Å². The number of rotatable bonds is 5. The van der Waals surface area contributed by atoms with Gasteiger partial charge in [-0.05, 0) is 42.7 Å². The Labute approximate surface area is 140 Å². The van der Waals surface area contributed by atoms with Crippen LogP contribution in [0, 0.1) is 13.8 Å². The van der Waals surface area contributed by atoms with Crippen LogP contribution >= 0.6 is 0 Å². The fourth-order valence-electron chi connectivity index (χ4n) is 2.67. The fraction of sp³-hybridized carbons (Fsp3) is 0.278. The highest BCUT2D eigenvalue weighted by Gasteiger charge is 2.16. The second-order valence-corrected chi connectivity index (χ2v) is 5.66. The third-order valence-corrected chi connectivity index (χ3v) is 3.72. The van der Waals surface area contributed by atoms with Crippen LogP contribution in [0.1, 0.15) is 37.5 Å². The predicted molar refractivity (Wildman–Crippen MR) is 89.5 cm³/mol. The van der Waals surface area contributed by atoms with E-state index >= 15 is 0 Å². The average molecular weight is 328 g/mol. The van der Waals surface area contributed by atoms with Crippen LogP contribution < -0.4 is 4.74 Å². The number of aromatic nitrogens is 1. The lowest BCUT2D eigenvalue weighted by molar-refractivity contribution is 0.0696. The monoisotopic (exact) mass is 328 g/mol. The van der Waals surface area contributed by atoms with Crippen molar-refractivity contribution < 1.29 is 19.4 Å². The number of methoxy groups -OCH3 is 1. The van der Waals surface area contributed by atoms with Crippen molar-refractivity contribution in [2.45, 2.75) is 20.4 Å². The van der Waals surface area contributed by atoms with E-state index < -0.39 is 5.97 Å². The van der Waals surface area contributed by atoms with E-state index in [1.165, 1.54) is 23.2 Å². The molecule has 0 spiro atoms. The van der Waals surface area contributed by atoms with Gasteiger partial charge in [-0.2, -0.15) is 0 Å². The molecule has 1 amide bonds. The van der Waals surface area contributed by atoms with Crippen LogP contribution in [0.25, 0.3) is 0 Å². The van der Waals surface area contributed by atoms with E-state index in [4.69, 9.17) is 9.84 Å². The topological polar surface area (TPSA) is 79.7 Å². The maximum Gasteiger partial charge on any atom is 0.335 e. The Bertz CT molecular complexity index is 763. The van der Waals surface area contributed by atoms with Gasteiger partial charge in [0.2, 0.25) is 0 Å². The number of carbonyl (C=O) groups excluding carboxylic acids is 1. The summed E-state index contributed by atoms with van der Waals surface area (Å²) in [6.45, 7) is 4.30. The minimum atomic E-state index is -1.09. The highest BCUT2D eigenvalue weighted by atomic mass is 16.5. The zero-order chi connectivity index (χ0) is 17.9. The first-order valence-corrected chi connectivity index (χ1v) is 7.42. The largest absolute Gasteiger partial charge is 0.496 e. The van der Waals surface area contributed by atoms with E-state index in [1.54, 1.807) is 14.2 Å². The summed E-state index contributed by atoms with van der Waals surface area (Å²) in [5.74, 6) is -0.580. The van der Waals surface area contributed by atoms with E-state index in [2.05, 4.69) is 4.98 Å². The van der Waals surface area contributed by atoms with Crippen LogP contribution in [0.2, 0.25) is 0 Å². The molecular weight excluding hydrogens is 308 g/mol. The van der Waals surface area contributed by atoms with Gasteiger partial charge in [-0.15, -0.1) is 0 Å². The number of hydrogen-bond donors (Lipinski definition) is 1. The molecule has 2 rings (SSSR count). The van der Waals surface area contributed by atoms with Crippen LogP contribution in [0.15, 0.2) is 30.5 Å². The standard InChI is InChI=1S/C18H20N2O4/c1-11-7-13(8-12(2)16(11)24-4)10-20(3)17(21)15-9-14(18(22)23)5-6-19-15/h5-9H,10H2,1-4H3,(H,22,23). The number of aryl methyl sites for hydroxylation is 2. The number of carbonyl (C=O) groups is 2. The van der Waals surface area contributed by atoms with Gasteiger partial charge < -0.3 is 14.7 Å². The lowest BCUT2D eigenvalue weighted by atomic mass is 10.1. The number of amides is 1. The first-order valence-electron chi connectivity index (χ1n) is 7.42. The van der Waals surface area contributed by atoms with Gasteiger partial charge in [0.05, 0.1) is 12.7 Å². The molecule has 0 saturated heterocycles. The molecule has 0 fully saturated rings. The van der Waals surface area contributed by atoms with E-state index in [0.717, 1.165) is 22.4 Å². The van der Waals surface area contributed by atoms with Gasteiger partial charge in [-0.3, -0.25) is 9.78 Å². The van der Waals surface area contributed by atoms with Gasteiger partial charge >= 0.3 is 5.97 Å². The van der Waals surface area contributed by atoms with Crippen LogP contribution in [0.4, 0.5) is 0 Å². The molecule has 6 heteroatoms. The first kappa shape index (κ1) is 17.5. The highest BCUT2D eigenvalue weighted by molar-refractivity contribution is 5.95. The maximum atomic E-state index is 12.5. The minimum Gasteiger partial charge on any atom is -0.496 e. The van der Waals surface area contributed by atoms with Gasteiger partial charge in [0.25, 0.3) is 5.91 Å². The Kier molecular flexibility index (Phi) is 5.18. The van der Waals surface area contributed by atoms with Crippen molar-refractivity contribution in [2.24, 2.45) is 0 Å². The number of pyridine rings is 1. The van der Waals surface area contributed by atoms with E-state index in [1.807, 2.05) is 26.0 Å². The van der Waals surface area contributed by atoms with Crippen LogP contribution in [0.5, 0.6) is 5.75 Å². The van der Waals surface area contributed by atoms with E-state index in [9.17, 15) is 9.59 Å². The molecule has 6 nitrogen and oxygen atoms in total. The molecule has 1 N–H and O–H groups in total. The number of aromatic carboxylic acids is 1. The molecule has 2 aromatic rings. The Balaban J connectivity index is 2.20. The van der Waals surface area contributed by atoms with Crippen molar-refractivity contribution in [1.29, 1.82) is 0 Å². The van der Waals surface area contributed by atoms with Crippen LogP contribution in [-0.4, -0.2) is 41.0 Å². The Hall–Kier alpha value is -2.89. The highest BCUT2D eigenvalue weighted by Crippen LogP contribution is 2.25. The normalized spacial score (nSPS) is 10.3. The first-order chi connectivity index (χ1) is 11.3. The minimum absolute atomic E-state index is 0.0397. The Morgan fingerprint density at radius 1 is 1.21 bits per heavy atom. The molecule has 1 aromatic carbocycles. The number of nitrogens with zero attached hydrogens (tertiary/aromatic N) is 2. The molecule has 0 radical (unpaired) electrons. The van der Waals surface area contributed by atoms with Crippen molar-refractivity contribution in [3.8, 4) is 5.75 Å². The summed E-state index contributed by atoms with van der Waals surface area (Å²) in [4.78, 5) is 29.0. The molecule has 0 atom stereocenters. The molecule has 0 aliphatic heterocycles. The summed E-state index contributed by atoms with van der Waals surface area (Å²) >= 11 is 0. The lowest BCUT2D eigenvalue weighted by Crippen LogP contribution is -2.27. The maximum absolute atomic E-state index is 12.5. The second kappa shape index (κ2) is 7.12. The summed E-state index contributed by atoms with van der Waals surface area (Å²) in [6, 6.07) is 6.58. The van der Waals surface area contributed by atoms with Gasteiger partial charge in [-0.25, -0.2) is 4.79 Å². The zero-order valence-corrected chi connectivity index (χ0v) is 14.2. The van der Waals surface area contributed by atoms with Gasteiger partial charge in [-0.1, -0.05) is 12.1 Å². The quantitative estimate of drug-likeness (QED) is 0.913. The SMILES string of the molecule is COc1c(C)cc(CN(C)C(=O)c2cc(C(=O)O)ccn2)cc1C. The fourth-order valence-corrected chi connectivity index (χ4v) is 2.67. The van der Waals surface area contributed by atoms with Crippen molar-refractivity contribution in [1.82, 2.24) is 9.88 Å². The molecule has 0 bridgehead atoms. The number of ether oxygens (including phenoxy) is 1. The number of carboxylic acid groups (broad SMARTS) is 1. The predicted octanol–water partition coefficient (Wildman–Crippen LogP) is 2.68. The lowest BCUT2D eigenvalue weighted by Gasteiger charge is -2.19. The van der Waals surface area contributed by atoms with Gasteiger partial charge in [0.1, 0.15) is 11.4 Å². The number of hydrogen-bond acceptors (Lipinski definition) is 4. The third kappa shape index (κ3) is 3.71. The zero-order valence-electron chi connectivity index (χ0n) is 14.2. The third-order valence-electron chi connectivity index (χ3n) is 3.72. The Morgan fingerprint density at radius 2 is 1.83 bits per heavy atom. The van der Waals surface area contributed by atoms with Crippen molar-refractivity contribution in [2.75, 3.05) is 14.2 Å². The molecular formula is C18H20N2O4. The molecule has 1 aromatic heterocycles. The number of carboxylic acids is 1. The molecule has 0 aliphatic carbocycles. The molecule has 0 aliphatic rings. The summed E-state index contributed by atoms with van der Waals surface area (Å²) in [6.07, 6.45) is 1.33. The smallest absolute Gasteiger partial charge is 0.335 e. The molecule has 24 heavy (non-hydrogen) atoms. The second-order valence-electron chi connectivity index (χ2n) is 5.66. The molecule has 126 valence electrons. The molecule has 0 saturated carbocycles. The average Bonchev–Trinajstić information content (AvgIpc) is 2.54. The number of benzene rings is 1. The summed E-state index contributed by atoms with van der Waals surface area (Å²) in [5, 5.41) is 9.01. The Morgan fingerprint density at radius 3 is 2.38 bits per heavy atom. The van der Waals surface area contributed by atoms with E-state index in [-0.39, 0.29) is 17.2 Å². The van der Waals surface area contributed by atoms with Gasteiger partial charge in [0, 0.05) is 19.8 Å². The summed E-state index contributed by atoms with van der Waals surface area (Å²) in [7, 11) is 3.29. The van der Waals surface area contributed by atoms with Crippen molar-refractivity contribution in [3.05, 3.63) is 58.4 Å². The molecule has 0 unspecified atom stereocenters. The van der Waals surface area contributed by atoms with Crippen molar-refractivity contribution in [3.63, 3.8) is 0 Å². The van der Waals surface area contributed by atoms with E-state index in [0.29, 0.717) is 6.54 Å². The summed E-state index contributed by atoms with van der Waals surface area (Å²) in [5.41, 5.74) is 3.12.